The molecule has 158 valence electrons. The molecule has 1 spiro atoms. The molecule has 1 atom stereocenters. The van der Waals surface area contributed by atoms with E-state index >= 15 is 0 Å². The molecule has 2 aromatic carbocycles. The first-order valence-electron chi connectivity index (χ1n) is 10.6. The molecule has 0 bridgehead atoms. The largest absolute Gasteiger partial charge is 0.485 e. The molecular weight excluding hydrogens is 400 g/mol. The van der Waals surface area contributed by atoms with E-state index in [9.17, 15) is 9.59 Å². The van der Waals surface area contributed by atoms with E-state index in [4.69, 9.17) is 16.3 Å². The topological polar surface area (TPSA) is 67.4 Å². The summed E-state index contributed by atoms with van der Waals surface area (Å²) in [5.41, 5.74) is 1.22. The standard InChI is InChI=1S/C24H27ClN2O3/c1-16(17-5-3-2-4-6-17)14-26-22(28)18-9-11-24(12-10-18)15-27-23(29)20-13-19(25)7-8-21(20)30-24/h2-8,13,16,18H,9-12,14-15H2,1H3,(H,26,28)(H,27,29)/t16-,18?,24?/m0/s1. The summed E-state index contributed by atoms with van der Waals surface area (Å²) in [4.78, 5) is 25.1. The Morgan fingerprint density at radius 3 is 2.70 bits per heavy atom. The van der Waals surface area contributed by atoms with Crippen LogP contribution in [0.4, 0.5) is 0 Å². The maximum absolute atomic E-state index is 12.7. The predicted molar refractivity (Wildman–Crippen MR) is 117 cm³/mol. The molecule has 1 fully saturated rings. The lowest BCUT2D eigenvalue weighted by Gasteiger charge is -2.39. The number of hydrogen-bond donors (Lipinski definition) is 2. The van der Waals surface area contributed by atoms with Gasteiger partial charge in [-0.05, 0) is 55.4 Å². The van der Waals surface area contributed by atoms with Crippen molar-refractivity contribution >= 4 is 23.4 Å². The van der Waals surface area contributed by atoms with Crippen molar-refractivity contribution in [1.29, 1.82) is 0 Å². The van der Waals surface area contributed by atoms with Gasteiger partial charge in [-0.15, -0.1) is 0 Å². The predicted octanol–water partition coefficient (Wildman–Crippen LogP) is 4.31. The van der Waals surface area contributed by atoms with Crippen LogP contribution >= 0.6 is 11.6 Å². The monoisotopic (exact) mass is 426 g/mol. The number of carbonyl (C=O) groups excluding carboxylic acids is 2. The summed E-state index contributed by atoms with van der Waals surface area (Å²) in [6.45, 7) is 3.19. The van der Waals surface area contributed by atoms with Crippen molar-refractivity contribution in [3.63, 3.8) is 0 Å². The summed E-state index contributed by atoms with van der Waals surface area (Å²) < 4.78 is 6.32. The molecule has 0 saturated heterocycles. The number of rotatable bonds is 4. The smallest absolute Gasteiger partial charge is 0.255 e. The molecule has 5 nitrogen and oxygen atoms in total. The molecule has 2 amide bonds. The number of carbonyl (C=O) groups is 2. The number of ether oxygens (including phenoxy) is 1. The van der Waals surface area contributed by atoms with Crippen LogP contribution < -0.4 is 15.4 Å². The van der Waals surface area contributed by atoms with Crippen LogP contribution in [0.25, 0.3) is 0 Å². The Morgan fingerprint density at radius 2 is 1.97 bits per heavy atom. The highest BCUT2D eigenvalue weighted by Gasteiger charge is 2.42. The van der Waals surface area contributed by atoms with Gasteiger partial charge in [-0.1, -0.05) is 48.9 Å². The Hall–Kier alpha value is -2.53. The van der Waals surface area contributed by atoms with Crippen molar-refractivity contribution < 1.29 is 14.3 Å². The molecule has 0 unspecified atom stereocenters. The Morgan fingerprint density at radius 1 is 1.23 bits per heavy atom. The van der Waals surface area contributed by atoms with E-state index in [1.165, 1.54) is 5.56 Å². The molecule has 0 radical (unpaired) electrons. The van der Waals surface area contributed by atoms with E-state index in [0.717, 1.165) is 25.7 Å². The van der Waals surface area contributed by atoms with Gasteiger partial charge in [0.1, 0.15) is 11.4 Å². The Kier molecular flexibility index (Phi) is 6.00. The van der Waals surface area contributed by atoms with E-state index in [1.807, 2.05) is 18.2 Å². The number of halogens is 1. The highest BCUT2D eigenvalue weighted by molar-refractivity contribution is 6.31. The van der Waals surface area contributed by atoms with Crippen LogP contribution in [0.3, 0.4) is 0 Å². The molecule has 4 rings (SSSR count). The summed E-state index contributed by atoms with van der Waals surface area (Å²) in [5.74, 6) is 0.755. The Balaban J connectivity index is 1.34. The molecular formula is C24H27ClN2O3. The molecule has 6 heteroatoms. The van der Waals surface area contributed by atoms with Crippen molar-refractivity contribution in [2.75, 3.05) is 13.1 Å². The fraction of sp³-hybridized carbons (Fsp3) is 0.417. The molecule has 1 heterocycles. The quantitative estimate of drug-likeness (QED) is 0.765. The molecule has 0 aromatic heterocycles. The fourth-order valence-electron chi connectivity index (χ4n) is 4.36. The third-order valence-electron chi connectivity index (χ3n) is 6.30. The van der Waals surface area contributed by atoms with Gasteiger partial charge in [-0.25, -0.2) is 0 Å². The summed E-state index contributed by atoms with van der Waals surface area (Å²) in [6, 6.07) is 15.3. The zero-order chi connectivity index (χ0) is 21.1. The minimum Gasteiger partial charge on any atom is -0.485 e. The first-order chi connectivity index (χ1) is 14.5. The van der Waals surface area contributed by atoms with Gasteiger partial charge in [0.25, 0.3) is 5.91 Å². The van der Waals surface area contributed by atoms with Crippen LogP contribution in [0.1, 0.15) is 54.4 Å². The van der Waals surface area contributed by atoms with Crippen LogP contribution in [0, 0.1) is 5.92 Å². The van der Waals surface area contributed by atoms with Gasteiger partial charge in [0.05, 0.1) is 12.1 Å². The molecule has 30 heavy (non-hydrogen) atoms. The van der Waals surface area contributed by atoms with Gasteiger partial charge in [-0.2, -0.15) is 0 Å². The number of benzene rings is 2. The van der Waals surface area contributed by atoms with Crippen molar-refractivity contribution in [1.82, 2.24) is 10.6 Å². The van der Waals surface area contributed by atoms with Crippen molar-refractivity contribution in [2.45, 2.75) is 44.1 Å². The number of hydrogen-bond acceptors (Lipinski definition) is 3. The Labute approximate surface area is 182 Å². The molecule has 2 aromatic rings. The lowest BCUT2D eigenvalue weighted by molar-refractivity contribution is -0.127. The van der Waals surface area contributed by atoms with E-state index in [0.29, 0.717) is 29.4 Å². The van der Waals surface area contributed by atoms with Crippen LogP contribution in [0.2, 0.25) is 5.02 Å². The van der Waals surface area contributed by atoms with Crippen molar-refractivity contribution in [2.24, 2.45) is 5.92 Å². The second-order valence-corrected chi connectivity index (χ2v) is 8.88. The zero-order valence-corrected chi connectivity index (χ0v) is 17.9. The van der Waals surface area contributed by atoms with Gasteiger partial charge < -0.3 is 15.4 Å². The summed E-state index contributed by atoms with van der Waals surface area (Å²) in [6.07, 6.45) is 2.93. The minimum atomic E-state index is -0.469. The second kappa shape index (κ2) is 8.68. The Bertz CT molecular complexity index is 923. The lowest BCUT2D eigenvalue weighted by Crippen LogP contribution is -2.49. The summed E-state index contributed by atoms with van der Waals surface area (Å²) in [7, 11) is 0. The van der Waals surface area contributed by atoms with Crippen LogP contribution in [0.5, 0.6) is 5.75 Å². The second-order valence-electron chi connectivity index (χ2n) is 8.44. The van der Waals surface area contributed by atoms with Crippen molar-refractivity contribution in [3.8, 4) is 5.75 Å². The van der Waals surface area contributed by atoms with Gasteiger partial charge in [-0.3, -0.25) is 9.59 Å². The lowest BCUT2D eigenvalue weighted by atomic mass is 9.78. The maximum atomic E-state index is 12.7. The molecule has 1 aliphatic heterocycles. The normalized spacial score (nSPS) is 24.2. The maximum Gasteiger partial charge on any atom is 0.255 e. The summed E-state index contributed by atoms with van der Waals surface area (Å²) in [5, 5.41) is 6.59. The summed E-state index contributed by atoms with van der Waals surface area (Å²) >= 11 is 6.04. The number of amides is 2. The highest BCUT2D eigenvalue weighted by atomic mass is 35.5. The van der Waals surface area contributed by atoms with Gasteiger partial charge in [0.15, 0.2) is 0 Å². The first kappa shape index (κ1) is 20.7. The number of fused-ring (bicyclic) bond motifs is 1. The number of nitrogens with one attached hydrogen (secondary N) is 2. The first-order valence-corrected chi connectivity index (χ1v) is 10.9. The minimum absolute atomic E-state index is 0.0224. The van der Waals surface area contributed by atoms with Crippen LogP contribution in [-0.2, 0) is 4.79 Å². The van der Waals surface area contributed by atoms with Crippen molar-refractivity contribution in [3.05, 3.63) is 64.7 Å². The molecule has 2 N–H and O–H groups in total. The van der Waals surface area contributed by atoms with Gasteiger partial charge >= 0.3 is 0 Å². The van der Waals surface area contributed by atoms with E-state index in [1.54, 1.807) is 18.2 Å². The molecule has 2 aliphatic rings. The van der Waals surface area contributed by atoms with E-state index < -0.39 is 5.60 Å². The van der Waals surface area contributed by atoms with Gasteiger partial charge in [0, 0.05) is 17.5 Å². The SMILES string of the molecule is C[C@@H](CNC(=O)C1CCC2(CC1)CNC(=O)c1cc(Cl)ccc1O2)c1ccccc1. The molecule has 1 saturated carbocycles. The molecule has 1 aliphatic carbocycles. The average Bonchev–Trinajstić information content (AvgIpc) is 2.90. The van der Waals surface area contributed by atoms with Gasteiger partial charge in [0.2, 0.25) is 5.91 Å². The van der Waals surface area contributed by atoms with Crippen LogP contribution in [0.15, 0.2) is 48.5 Å². The average molecular weight is 427 g/mol. The third kappa shape index (κ3) is 4.46. The highest BCUT2D eigenvalue weighted by Crippen LogP contribution is 2.38. The van der Waals surface area contributed by atoms with E-state index in [-0.39, 0.29) is 23.7 Å². The zero-order valence-electron chi connectivity index (χ0n) is 17.1. The third-order valence-corrected chi connectivity index (χ3v) is 6.54. The van der Waals surface area contributed by atoms with E-state index in [2.05, 4.69) is 29.7 Å². The fourth-order valence-corrected chi connectivity index (χ4v) is 4.53. The van der Waals surface area contributed by atoms with Crippen LogP contribution in [-0.4, -0.2) is 30.5 Å².